The number of piperidine rings is 1. The maximum Gasteiger partial charge on any atom is 0.223 e. The van der Waals surface area contributed by atoms with Crippen molar-refractivity contribution in [2.24, 2.45) is 11.8 Å². The minimum Gasteiger partial charge on any atom is -0.444 e. The standard InChI is InChI=1S/C17H27N3O2/c1-12-13(2)22-16(19-12)11-20-8-6-14(7-9-20)10-18-17(21)15-4-3-5-15/h14-15H,3-11H2,1-2H3,(H,18,21). The minimum absolute atomic E-state index is 0.277. The quantitative estimate of drug-likeness (QED) is 0.907. The first-order valence-corrected chi connectivity index (χ1v) is 8.55. The fraction of sp³-hybridized carbons (Fsp3) is 0.765. The average Bonchev–Trinajstić information content (AvgIpc) is 2.74. The summed E-state index contributed by atoms with van der Waals surface area (Å²) in [5.41, 5.74) is 0.989. The highest BCUT2D eigenvalue weighted by atomic mass is 16.4. The summed E-state index contributed by atoms with van der Waals surface area (Å²) in [6.45, 7) is 7.72. The second-order valence-electron chi connectivity index (χ2n) is 6.84. The molecule has 0 bridgehead atoms. The average molecular weight is 305 g/mol. The number of nitrogens with zero attached hydrogens (tertiary/aromatic N) is 2. The zero-order valence-corrected chi connectivity index (χ0v) is 13.7. The van der Waals surface area contributed by atoms with Crippen molar-refractivity contribution in [3.63, 3.8) is 0 Å². The lowest BCUT2D eigenvalue weighted by atomic mass is 9.84. The number of oxazole rings is 1. The van der Waals surface area contributed by atoms with Crippen LogP contribution >= 0.6 is 0 Å². The number of rotatable bonds is 5. The van der Waals surface area contributed by atoms with Gasteiger partial charge in [0.05, 0.1) is 12.2 Å². The van der Waals surface area contributed by atoms with E-state index >= 15 is 0 Å². The lowest BCUT2D eigenvalue weighted by molar-refractivity contribution is -0.127. The second-order valence-corrected chi connectivity index (χ2v) is 6.84. The third-order valence-electron chi connectivity index (χ3n) is 5.18. The maximum atomic E-state index is 11.9. The fourth-order valence-electron chi connectivity index (χ4n) is 3.21. The molecular weight excluding hydrogens is 278 g/mol. The summed E-state index contributed by atoms with van der Waals surface area (Å²) < 4.78 is 5.66. The number of hydrogen-bond donors (Lipinski definition) is 1. The van der Waals surface area contributed by atoms with Gasteiger partial charge in [0.1, 0.15) is 5.76 Å². The Morgan fingerprint density at radius 1 is 1.27 bits per heavy atom. The zero-order valence-electron chi connectivity index (χ0n) is 13.7. The lowest BCUT2D eigenvalue weighted by Gasteiger charge is -2.32. The van der Waals surface area contributed by atoms with Gasteiger partial charge in [-0.1, -0.05) is 6.42 Å². The molecule has 3 rings (SSSR count). The van der Waals surface area contributed by atoms with Crippen molar-refractivity contribution in [2.75, 3.05) is 19.6 Å². The van der Waals surface area contributed by atoms with Gasteiger partial charge >= 0.3 is 0 Å². The van der Waals surface area contributed by atoms with Crippen molar-refractivity contribution in [1.29, 1.82) is 0 Å². The first kappa shape index (κ1) is 15.5. The van der Waals surface area contributed by atoms with Gasteiger partial charge in [0.15, 0.2) is 0 Å². The van der Waals surface area contributed by atoms with E-state index in [1.807, 2.05) is 13.8 Å². The molecule has 1 saturated heterocycles. The molecule has 1 N–H and O–H groups in total. The van der Waals surface area contributed by atoms with E-state index in [1.54, 1.807) is 0 Å². The number of carbonyl (C=O) groups is 1. The molecule has 0 radical (unpaired) electrons. The Morgan fingerprint density at radius 2 is 2.00 bits per heavy atom. The monoisotopic (exact) mass is 305 g/mol. The molecule has 1 saturated carbocycles. The Bertz CT molecular complexity index is 494. The summed E-state index contributed by atoms with van der Waals surface area (Å²) in [6, 6.07) is 0. The van der Waals surface area contributed by atoms with Gasteiger partial charge in [0.2, 0.25) is 11.8 Å². The van der Waals surface area contributed by atoms with Crippen molar-refractivity contribution >= 4 is 5.91 Å². The molecule has 5 heteroatoms. The summed E-state index contributed by atoms with van der Waals surface area (Å²) in [4.78, 5) is 18.7. The molecule has 2 heterocycles. The van der Waals surface area contributed by atoms with E-state index in [0.717, 1.165) is 69.2 Å². The van der Waals surface area contributed by atoms with E-state index < -0.39 is 0 Å². The number of nitrogens with one attached hydrogen (secondary N) is 1. The molecule has 1 aliphatic carbocycles. The molecule has 0 unspecified atom stereocenters. The van der Waals surface area contributed by atoms with Gasteiger partial charge in [-0.05, 0) is 58.5 Å². The maximum absolute atomic E-state index is 11.9. The Kier molecular flexibility index (Phi) is 4.81. The van der Waals surface area contributed by atoms with Crippen molar-refractivity contribution < 1.29 is 9.21 Å². The van der Waals surface area contributed by atoms with Crippen LogP contribution in [0.4, 0.5) is 0 Å². The number of amides is 1. The number of hydrogen-bond acceptors (Lipinski definition) is 4. The van der Waals surface area contributed by atoms with Crippen LogP contribution in [0.3, 0.4) is 0 Å². The normalized spacial score (nSPS) is 20.8. The van der Waals surface area contributed by atoms with E-state index in [0.29, 0.717) is 11.8 Å². The summed E-state index contributed by atoms with van der Waals surface area (Å²) in [7, 11) is 0. The SMILES string of the molecule is Cc1nc(CN2CCC(CNC(=O)C3CCC3)CC2)oc1C. The number of aromatic nitrogens is 1. The van der Waals surface area contributed by atoms with Crippen LogP contribution in [0.25, 0.3) is 0 Å². The fourth-order valence-corrected chi connectivity index (χ4v) is 3.21. The van der Waals surface area contributed by atoms with Crippen molar-refractivity contribution in [3.05, 3.63) is 17.3 Å². The van der Waals surface area contributed by atoms with Crippen LogP contribution in [0.1, 0.15) is 49.4 Å². The van der Waals surface area contributed by atoms with E-state index in [2.05, 4.69) is 15.2 Å². The molecule has 1 aliphatic heterocycles. The van der Waals surface area contributed by atoms with Gasteiger partial charge in [0, 0.05) is 12.5 Å². The highest BCUT2D eigenvalue weighted by Crippen LogP contribution is 2.26. The third kappa shape index (κ3) is 3.69. The minimum atomic E-state index is 0.277. The summed E-state index contributed by atoms with van der Waals surface area (Å²) in [5, 5.41) is 3.14. The molecule has 0 atom stereocenters. The number of aryl methyl sites for hydroxylation is 2. The molecule has 5 nitrogen and oxygen atoms in total. The zero-order chi connectivity index (χ0) is 15.5. The summed E-state index contributed by atoms with van der Waals surface area (Å²) >= 11 is 0. The van der Waals surface area contributed by atoms with Crippen LogP contribution in [-0.2, 0) is 11.3 Å². The van der Waals surface area contributed by atoms with Gasteiger partial charge < -0.3 is 9.73 Å². The topological polar surface area (TPSA) is 58.4 Å². The molecule has 2 aliphatic rings. The van der Waals surface area contributed by atoms with Crippen LogP contribution in [0.15, 0.2) is 4.42 Å². The molecule has 1 amide bonds. The first-order chi connectivity index (χ1) is 10.6. The van der Waals surface area contributed by atoms with Crippen LogP contribution < -0.4 is 5.32 Å². The Morgan fingerprint density at radius 3 is 2.55 bits per heavy atom. The van der Waals surface area contributed by atoms with Gasteiger partial charge in [0.25, 0.3) is 0 Å². The highest BCUT2D eigenvalue weighted by Gasteiger charge is 2.26. The van der Waals surface area contributed by atoms with Crippen LogP contribution in [0.2, 0.25) is 0 Å². The second kappa shape index (κ2) is 6.82. The Labute approximate surface area is 132 Å². The molecule has 2 fully saturated rings. The molecular formula is C17H27N3O2. The van der Waals surface area contributed by atoms with Gasteiger partial charge in [-0.3, -0.25) is 9.69 Å². The molecule has 122 valence electrons. The van der Waals surface area contributed by atoms with E-state index in [-0.39, 0.29) is 5.91 Å². The smallest absolute Gasteiger partial charge is 0.223 e. The van der Waals surface area contributed by atoms with Crippen molar-refractivity contribution in [2.45, 2.75) is 52.5 Å². The Balaban J connectivity index is 1.37. The van der Waals surface area contributed by atoms with E-state index in [9.17, 15) is 4.79 Å². The van der Waals surface area contributed by atoms with Crippen LogP contribution in [0, 0.1) is 25.7 Å². The lowest BCUT2D eigenvalue weighted by Crippen LogP contribution is -2.41. The predicted molar refractivity (Wildman–Crippen MR) is 84.3 cm³/mol. The number of likely N-dealkylation sites (tertiary alicyclic amines) is 1. The molecule has 1 aromatic rings. The first-order valence-electron chi connectivity index (χ1n) is 8.55. The third-order valence-corrected chi connectivity index (χ3v) is 5.18. The molecule has 1 aromatic heterocycles. The van der Waals surface area contributed by atoms with E-state index in [4.69, 9.17) is 4.42 Å². The highest BCUT2D eigenvalue weighted by molar-refractivity contribution is 5.79. The van der Waals surface area contributed by atoms with Crippen molar-refractivity contribution in [3.8, 4) is 0 Å². The summed E-state index contributed by atoms with van der Waals surface area (Å²) in [5.74, 6) is 2.94. The van der Waals surface area contributed by atoms with E-state index in [1.165, 1.54) is 6.42 Å². The predicted octanol–water partition coefficient (Wildman–Crippen LogP) is 2.42. The van der Waals surface area contributed by atoms with Crippen molar-refractivity contribution in [1.82, 2.24) is 15.2 Å². The molecule has 0 spiro atoms. The van der Waals surface area contributed by atoms with Gasteiger partial charge in [-0.25, -0.2) is 4.98 Å². The largest absolute Gasteiger partial charge is 0.444 e. The molecule has 0 aromatic carbocycles. The Hall–Kier alpha value is -1.36. The molecule has 22 heavy (non-hydrogen) atoms. The van der Waals surface area contributed by atoms with Crippen LogP contribution in [-0.4, -0.2) is 35.4 Å². The number of carbonyl (C=O) groups excluding carboxylic acids is 1. The van der Waals surface area contributed by atoms with Crippen LogP contribution in [0.5, 0.6) is 0 Å². The summed E-state index contributed by atoms with van der Waals surface area (Å²) in [6.07, 6.45) is 5.67. The van der Waals surface area contributed by atoms with Gasteiger partial charge in [-0.2, -0.15) is 0 Å². The van der Waals surface area contributed by atoms with Gasteiger partial charge in [-0.15, -0.1) is 0 Å².